The minimum absolute atomic E-state index is 0.869. The second kappa shape index (κ2) is 4.22. The van der Waals surface area contributed by atoms with Crippen LogP contribution in [-0.2, 0) is 6.54 Å². The molecule has 0 aliphatic carbocycles. The van der Waals surface area contributed by atoms with Gasteiger partial charge < -0.3 is 10.3 Å². The average molecular weight is 200 g/mol. The smallest absolute Gasteiger partial charge is 0.0415 e. The lowest BCUT2D eigenvalue weighted by atomic mass is 10.1. The van der Waals surface area contributed by atoms with Crippen LogP contribution in [0.5, 0.6) is 0 Å². The maximum absolute atomic E-state index is 3.44. The Bertz CT molecular complexity index is 430. The fourth-order valence-electron chi connectivity index (χ4n) is 1.59. The summed E-state index contributed by atoms with van der Waals surface area (Å²) in [6, 6.07) is 8.55. The van der Waals surface area contributed by atoms with Gasteiger partial charge in [-0.1, -0.05) is 12.1 Å². The van der Waals surface area contributed by atoms with E-state index in [0.29, 0.717) is 0 Å². The predicted molar refractivity (Wildman–Crippen MR) is 64.0 cm³/mol. The molecule has 2 N–H and O–H groups in total. The lowest BCUT2D eigenvalue weighted by Gasteiger charge is -2.09. The zero-order chi connectivity index (χ0) is 10.7. The minimum atomic E-state index is 0.869. The van der Waals surface area contributed by atoms with E-state index < -0.39 is 0 Å². The van der Waals surface area contributed by atoms with Crippen LogP contribution < -0.4 is 5.32 Å². The molecule has 1 heterocycles. The lowest BCUT2D eigenvalue weighted by molar-refractivity contribution is 1.14. The Morgan fingerprint density at radius 3 is 2.80 bits per heavy atom. The third-order valence-corrected chi connectivity index (χ3v) is 2.54. The molecule has 1 aromatic heterocycles. The SMILES string of the molecule is Cc1ccc(C)c(NCc2cc[nH]c2)c1. The van der Waals surface area contributed by atoms with Crippen LogP contribution in [0.3, 0.4) is 0 Å². The van der Waals surface area contributed by atoms with Gasteiger partial charge in [0.1, 0.15) is 0 Å². The van der Waals surface area contributed by atoms with Crippen molar-refractivity contribution in [3.63, 3.8) is 0 Å². The summed E-state index contributed by atoms with van der Waals surface area (Å²) in [7, 11) is 0. The first-order valence-electron chi connectivity index (χ1n) is 5.18. The summed E-state index contributed by atoms with van der Waals surface area (Å²) in [5.74, 6) is 0. The molecule has 0 radical (unpaired) electrons. The molecule has 2 rings (SSSR count). The zero-order valence-electron chi connectivity index (χ0n) is 9.17. The second-order valence-electron chi connectivity index (χ2n) is 3.89. The van der Waals surface area contributed by atoms with Gasteiger partial charge in [0, 0.05) is 24.6 Å². The van der Waals surface area contributed by atoms with Crippen LogP contribution in [0.4, 0.5) is 5.69 Å². The molecule has 0 aliphatic rings. The molecule has 15 heavy (non-hydrogen) atoms. The number of rotatable bonds is 3. The maximum Gasteiger partial charge on any atom is 0.0415 e. The Balaban J connectivity index is 2.07. The molecule has 78 valence electrons. The summed E-state index contributed by atoms with van der Waals surface area (Å²) in [4.78, 5) is 3.05. The van der Waals surface area contributed by atoms with Gasteiger partial charge in [0.25, 0.3) is 0 Å². The first-order chi connectivity index (χ1) is 7.25. The van der Waals surface area contributed by atoms with Gasteiger partial charge in [-0.15, -0.1) is 0 Å². The molecule has 0 saturated heterocycles. The van der Waals surface area contributed by atoms with Crippen LogP contribution in [0.25, 0.3) is 0 Å². The van der Waals surface area contributed by atoms with Gasteiger partial charge in [-0.05, 0) is 42.7 Å². The third kappa shape index (κ3) is 2.40. The van der Waals surface area contributed by atoms with Crippen LogP contribution in [-0.4, -0.2) is 4.98 Å². The summed E-state index contributed by atoms with van der Waals surface area (Å²) in [5, 5.41) is 3.44. The van der Waals surface area contributed by atoms with E-state index in [9.17, 15) is 0 Å². The van der Waals surface area contributed by atoms with Gasteiger partial charge in [-0.25, -0.2) is 0 Å². The largest absolute Gasteiger partial charge is 0.381 e. The molecule has 0 spiro atoms. The molecule has 2 nitrogen and oxygen atoms in total. The molecule has 2 aromatic rings. The van der Waals surface area contributed by atoms with Crippen LogP contribution in [0.2, 0.25) is 0 Å². The van der Waals surface area contributed by atoms with E-state index in [4.69, 9.17) is 0 Å². The van der Waals surface area contributed by atoms with Crippen LogP contribution in [0.15, 0.2) is 36.7 Å². The molecule has 1 aromatic carbocycles. The quantitative estimate of drug-likeness (QED) is 0.782. The van der Waals surface area contributed by atoms with E-state index in [1.165, 1.54) is 22.4 Å². The number of aromatic nitrogens is 1. The van der Waals surface area contributed by atoms with Crippen molar-refractivity contribution in [2.24, 2.45) is 0 Å². The van der Waals surface area contributed by atoms with Gasteiger partial charge in [-0.2, -0.15) is 0 Å². The summed E-state index contributed by atoms with van der Waals surface area (Å²) in [6.07, 6.45) is 3.96. The van der Waals surface area contributed by atoms with Gasteiger partial charge >= 0.3 is 0 Å². The van der Waals surface area contributed by atoms with E-state index in [0.717, 1.165) is 6.54 Å². The summed E-state index contributed by atoms with van der Waals surface area (Å²) < 4.78 is 0. The fraction of sp³-hybridized carbons (Fsp3) is 0.231. The number of anilines is 1. The fourth-order valence-corrected chi connectivity index (χ4v) is 1.59. The molecular weight excluding hydrogens is 184 g/mol. The number of nitrogens with one attached hydrogen (secondary N) is 2. The molecular formula is C13H16N2. The number of benzene rings is 1. The highest BCUT2D eigenvalue weighted by Crippen LogP contribution is 2.17. The Morgan fingerprint density at radius 2 is 2.07 bits per heavy atom. The Labute approximate surface area is 90.3 Å². The monoisotopic (exact) mass is 200 g/mol. The van der Waals surface area contributed by atoms with E-state index in [1.54, 1.807) is 0 Å². The zero-order valence-corrected chi connectivity index (χ0v) is 9.17. The van der Waals surface area contributed by atoms with E-state index in [1.807, 2.05) is 12.4 Å². The highest BCUT2D eigenvalue weighted by atomic mass is 14.9. The highest BCUT2D eigenvalue weighted by Gasteiger charge is 1.98. The molecule has 0 fully saturated rings. The topological polar surface area (TPSA) is 27.8 Å². The van der Waals surface area contributed by atoms with Gasteiger partial charge in [0.15, 0.2) is 0 Å². The highest BCUT2D eigenvalue weighted by molar-refractivity contribution is 5.52. The second-order valence-corrected chi connectivity index (χ2v) is 3.89. The third-order valence-electron chi connectivity index (χ3n) is 2.54. The molecule has 0 bridgehead atoms. The number of aromatic amines is 1. The number of H-pyrrole nitrogens is 1. The van der Waals surface area contributed by atoms with Crippen molar-refractivity contribution in [1.82, 2.24) is 4.98 Å². The molecule has 0 amide bonds. The molecule has 2 heteroatoms. The van der Waals surface area contributed by atoms with Crippen LogP contribution in [0.1, 0.15) is 16.7 Å². The molecule has 0 unspecified atom stereocenters. The summed E-state index contributed by atoms with van der Waals surface area (Å²) >= 11 is 0. The number of hydrogen-bond acceptors (Lipinski definition) is 1. The summed E-state index contributed by atoms with van der Waals surface area (Å²) in [6.45, 7) is 5.10. The first kappa shape index (κ1) is 9.84. The lowest BCUT2D eigenvalue weighted by Crippen LogP contribution is -2.00. The van der Waals surface area contributed by atoms with Gasteiger partial charge in [-0.3, -0.25) is 0 Å². The molecule has 0 saturated carbocycles. The van der Waals surface area contributed by atoms with Crippen LogP contribution >= 0.6 is 0 Å². The van der Waals surface area contributed by atoms with Crippen LogP contribution in [0, 0.1) is 13.8 Å². The van der Waals surface area contributed by atoms with Crippen molar-refractivity contribution in [3.8, 4) is 0 Å². The van der Waals surface area contributed by atoms with E-state index in [2.05, 4.69) is 48.4 Å². The summed E-state index contributed by atoms with van der Waals surface area (Å²) in [5.41, 5.74) is 5.07. The van der Waals surface area contributed by atoms with Crippen molar-refractivity contribution in [3.05, 3.63) is 53.3 Å². The Morgan fingerprint density at radius 1 is 1.20 bits per heavy atom. The Kier molecular flexibility index (Phi) is 2.77. The minimum Gasteiger partial charge on any atom is -0.381 e. The number of aryl methyl sites for hydroxylation is 2. The van der Waals surface area contributed by atoms with Gasteiger partial charge in [0.05, 0.1) is 0 Å². The predicted octanol–water partition coefficient (Wildman–Crippen LogP) is 3.24. The van der Waals surface area contributed by atoms with Crippen molar-refractivity contribution in [2.75, 3.05) is 5.32 Å². The van der Waals surface area contributed by atoms with Crippen molar-refractivity contribution < 1.29 is 0 Å². The normalized spacial score (nSPS) is 10.3. The Hall–Kier alpha value is -1.70. The first-order valence-corrected chi connectivity index (χ1v) is 5.18. The van der Waals surface area contributed by atoms with Crippen molar-refractivity contribution in [1.29, 1.82) is 0 Å². The maximum atomic E-state index is 3.44. The van der Waals surface area contributed by atoms with E-state index in [-0.39, 0.29) is 0 Å². The standard InChI is InChI=1S/C13H16N2/c1-10-3-4-11(2)13(7-10)15-9-12-5-6-14-8-12/h3-8,14-15H,9H2,1-2H3. The van der Waals surface area contributed by atoms with Gasteiger partial charge in [0.2, 0.25) is 0 Å². The van der Waals surface area contributed by atoms with Crippen molar-refractivity contribution in [2.45, 2.75) is 20.4 Å². The number of hydrogen-bond donors (Lipinski definition) is 2. The van der Waals surface area contributed by atoms with Crippen molar-refractivity contribution >= 4 is 5.69 Å². The average Bonchev–Trinajstić information content (AvgIpc) is 2.72. The molecule has 0 atom stereocenters. The molecule has 0 aliphatic heterocycles. The van der Waals surface area contributed by atoms with E-state index >= 15 is 0 Å².